The smallest absolute Gasteiger partial charge is 0.120 e. The van der Waals surface area contributed by atoms with Crippen LogP contribution in [-0.4, -0.2) is 16.6 Å². The van der Waals surface area contributed by atoms with Crippen molar-refractivity contribution in [2.45, 2.75) is 12.5 Å². The Kier molecular flexibility index (Phi) is 3.31. The van der Waals surface area contributed by atoms with Crippen LogP contribution in [0.4, 0.5) is 5.69 Å². The molecule has 3 aromatic rings. The Labute approximate surface area is 133 Å². The van der Waals surface area contributed by atoms with Crippen LogP contribution in [-0.2, 0) is 6.42 Å². The number of phenolic OH excluding ortho intramolecular Hbond substituents is 1. The number of para-hydroxylation sites is 1. The van der Waals surface area contributed by atoms with E-state index in [0.717, 1.165) is 18.0 Å². The van der Waals surface area contributed by atoms with Crippen LogP contribution in [0, 0.1) is 0 Å². The van der Waals surface area contributed by atoms with Crippen molar-refractivity contribution in [3.8, 4) is 5.75 Å². The molecule has 22 heavy (non-hydrogen) atoms. The highest BCUT2D eigenvalue weighted by Gasteiger charge is 2.30. The van der Waals surface area contributed by atoms with Gasteiger partial charge in [-0.1, -0.05) is 24.3 Å². The van der Waals surface area contributed by atoms with Crippen molar-refractivity contribution in [3.05, 3.63) is 76.2 Å². The van der Waals surface area contributed by atoms with Crippen LogP contribution < -0.4 is 4.90 Å². The van der Waals surface area contributed by atoms with Gasteiger partial charge in [-0.3, -0.25) is 0 Å². The molecule has 2 aromatic carbocycles. The van der Waals surface area contributed by atoms with E-state index in [1.165, 1.54) is 16.8 Å². The minimum absolute atomic E-state index is 0.117. The lowest BCUT2D eigenvalue weighted by atomic mass is 9.92. The molecule has 0 bridgehead atoms. The van der Waals surface area contributed by atoms with Gasteiger partial charge in [0.2, 0.25) is 0 Å². The van der Waals surface area contributed by atoms with Gasteiger partial charge in [0.05, 0.1) is 0 Å². The van der Waals surface area contributed by atoms with Crippen molar-refractivity contribution < 1.29 is 5.11 Å². The predicted octanol–water partition coefficient (Wildman–Crippen LogP) is 4.00. The second-order valence-electron chi connectivity index (χ2n) is 5.43. The molecule has 0 fully saturated rings. The molecule has 1 aromatic heterocycles. The van der Waals surface area contributed by atoms with Crippen molar-refractivity contribution in [1.82, 2.24) is 4.98 Å². The first-order valence-corrected chi connectivity index (χ1v) is 8.24. The molecule has 2 heterocycles. The number of rotatable bonds is 2. The van der Waals surface area contributed by atoms with Gasteiger partial charge in [-0.25, -0.2) is 4.98 Å². The Bertz CT molecular complexity index is 771. The minimum Gasteiger partial charge on any atom is -0.508 e. The number of hydrogen-bond donors (Lipinski definition) is 1. The topological polar surface area (TPSA) is 36.4 Å². The Balaban J connectivity index is 1.85. The monoisotopic (exact) mass is 308 g/mol. The molecule has 0 spiro atoms. The van der Waals surface area contributed by atoms with Crippen LogP contribution in [0.15, 0.2) is 60.1 Å². The maximum absolute atomic E-state index is 9.76. The maximum atomic E-state index is 9.76. The number of phenols is 1. The molecule has 0 amide bonds. The van der Waals surface area contributed by atoms with Crippen LogP contribution in [0.25, 0.3) is 0 Å². The first-order chi connectivity index (χ1) is 10.8. The second kappa shape index (κ2) is 5.46. The molecule has 1 unspecified atom stereocenters. The third kappa shape index (κ3) is 2.25. The average molecular weight is 308 g/mol. The lowest BCUT2D eigenvalue weighted by molar-refractivity contribution is 0.473. The Hall–Kier alpha value is -2.33. The molecule has 0 radical (unpaired) electrons. The zero-order chi connectivity index (χ0) is 14.9. The molecule has 110 valence electrons. The van der Waals surface area contributed by atoms with Gasteiger partial charge in [0, 0.05) is 23.8 Å². The first-order valence-electron chi connectivity index (χ1n) is 7.36. The fraction of sp³-hybridized carbons (Fsp3) is 0.167. The van der Waals surface area contributed by atoms with Gasteiger partial charge in [-0.05, 0) is 41.8 Å². The van der Waals surface area contributed by atoms with E-state index in [0.29, 0.717) is 5.75 Å². The summed E-state index contributed by atoms with van der Waals surface area (Å²) in [6.45, 7) is 0.921. The van der Waals surface area contributed by atoms with Gasteiger partial charge in [0.1, 0.15) is 16.8 Å². The zero-order valence-electron chi connectivity index (χ0n) is 12.0. The highest BCUT2D eigenvalue weighted by atomic mass is 32.1. The molecule has 1 atom stereocenters. The Morgan fingerprint density at radius 3 is 2.77 bits per heavy atom. The molecule has 0 aliphatic carbocycles. The van der Waals surface area contributed by atoms with Gasteiger partial charge < -0.3 is 10.0 Å². The van der Waals surface area contributed by atoms with Crippen molar-refractivity contribution in [1.29, 1.82) is 0 Å². The fourth-order valence-electron chi connectivity index (χ4n) is 3.15. The summed E-state index contributed by atoms with van der Waals surface area (Å²) in [6, 6.07) is 16.3. The molecule has 1 N–H and O–H groups in total. The summed E-state index contributed by atoms with van der Waals surface area (Å²) in [6.07, 6.45) is 2.79. The van der Waals surface area contributed by atoms with E-state index < -0.39 is 0 Å². The Morgan fingerprint density at radius 2 is 2.00 bits per heavy atom. The number of benzene rings is 2. The van der Waals surface area contributed by atoms with Crippen LogP contribution in [0.2, 0.25) is 0 Å². The van der Waals surface area contributed by atoms with Gasteiger partial charge in [0.15, 0.2) is 0 Å². The highest BCUT2D eigenvalue weighted by molar-refractivity contribution is 7.09. The number of nitrogens with zero attached hydrogens (tertiary/aromatic N) is 2. The normalized spacial score (nSPS) is 17.3. The molecule has 1 aliphatic heterocycles. The van der Waals surface area contributed by atoms with E-state index in [-0.39, 0.29) is 6.04 Å². The van der Waals surface area contributed by atoms with E-state index in [9.17, 15) is 5.11 Å². The Morgan fingerprint density at radius 1 is 1.14 bits per heavy atom. The van der Waals surface area contributed by atoms with Crippen LogP contribution >= 0.6 is 11.3 Å². The highest BCUT2D eigenvalue weighted by Crippen LogP contribution is 2.39. The summed E-state index contributed by atoms with van der Waals surface area (Å²) in [4.78, 5) is 6.95. The van der Waals surface area contributed by atoms with E-state index in [4.69, 9.17) is 0 Å². The lowest BCUT2D eigenvalue weighted by Gasteiger charge is -2.38. The number of hydrogen-bond acceptors (Lipinski definition) is 4. The standard InChI is InChI=1S/C18H16N2OS/c21-15-6-7-16-13(12-15)8-10-20(14-4-2-1-3-5-14)17(16)18-19-9-11-22-18/h1-7,9,11-12,17,21H,8,10H2. The van der Waals surface area contributed by atoms with E-state index >= 15 is 0 Å². The molecule has 0 saturated carbocycles. The van der Waals surface area contributed by atoms with Crippen LogP contribution in [0.3, 0.4) is 0 Å². The van der Waals surface area contributed by atoms with Gasteiger partial charge in [0.25, 0.3) is 0 Å². The molecule has 1 aliphatic rings. The quantitative estimate of drug-likeness (QED) is 0.777. The van der Waals surface area contributed by atoms with E-state index in [1.54, 1.807) is 17.4 Å². The minimum atomic E-state index is 0.117. The predicted molar refractivity (Wildman–Crippen MR) is 89.6 cm³/mol. The molecule has 4 heteroatoms. The number of fused-ring (bicyclic) bond motifs is 1. The largest absolute Gasteiger partial charge is 0.508 e. The lowest BCUT2D eigenvalue weighted by Crippen LogP contribution is -2.36. The fourth-order valence-corrected chi connectivity index (χ4v) is 3.91. The van der Waals surface area contributed by atoms with Gasteiger partial charge in [-0.15, -0.1) is 11.3 Å². The van der Waals surface area contributed by atoms with Gasteiger partial charge in [-0.2, -0.15) is 0 Å². The summed E-state index contributed by atoms with van der Waals surface area (Å²) in [5.74, 6) is 0.338. The molecular weight excluding hydrogens is 292 g/mol. The third-order valence-corrected chi connectivity index (χ3v) is 4.96. The zero-order valence-corrected chi connectivity index (χ0v) is 12.8. The SMILES string of the molecule is Oc1ccc2c(c1)CCN(c1ccccc1)C2c1nccs1. The summed E-state index contributed by atoms with van der Waals surface area (Å²) in [5.41, 5.74) is 3.66. The molecule has 3 nitrogen and oxygen atoms in total. The maximum Gasteiger partial charge on any atom is 0.120 e. The summed E-state index contributed by atoms with van der Waals surface area (Å²) < 4.78 is 0. The summed E-state index contributed by atoms with van der Waals surface area (Å²) in [7, 11) is 0. The first kappa shape index (κ1) is 13.3. The molecule has 0 saturated heterocycles. The van der Waals surface area contributed by atoms with Crippen molar-refractivity contribution in [2.75, 3.05) is 11.4 Å². The third-order valence-electron chi connectivity index (χ3n) is 4.13. The summed E-state index contributed by atoms with van der Waals surface area (Å²) >= 11 is 1.68. The number of aromatic hydroxyl groups is 1. The molecule has 4 rings (SSSR count). The van der Waals surface area contributed by atoms with Crippen molar-refractivity contribution in [3.63, 3.8) is 0 Å². The van der Waals surface area contributed by atoms with Gasteiger partial charge >= 0.3 is 0 Å². The summed E-state index contributed by atoms with van der Waals surface area (Å²) in [5, 5.41) is 12.9. The van der Waals surface area contributed by atoms with E-state index in [1.807, 2.05) is 29.8 Å². The number of aromatic nitrogens is 1. The average Bonchev–Trinajstić information content (AvgIpc) is 3.08. The second-order valence-corrected chi connectivity index (χ2v) is 6.36. The van der Waals surface area contributed by atoms with E-state index in [2.05, 4.69) is 34.1 Å². The van der Waals surface area contributed by atoms with Crippen molar-refractivity contribution in [2.24, 2.45) is 0 Å². The number of thiazole rings is 1. The molecular formula is C18H16N2OS. The van der Waals surface area contributed by atoms with Crippen LogP contribution in [0.1, 0.15) is 22.2 Å². The van der Waals surface area contributed by atoms with Crippen LogP contribution in [0.5, 0.6) is 5.75 Å². The van der Waals surface area contributed by atoms with Crippen molar-refractivity contribution >= 4 is 17.0 Å². The number of anilines is 1.